The fourth-order valence-electron chi connectivity index (χ4n) is 2.71. The molecule has 0 aromatic heterocycles. The van der Waals surface area contributed by atoms with E-state index in [1.54, 1.807) is 0 Å². The minimum atomic E-state index is -0.455. The van der Waals surface area contributed by atoms with Crippen molar-refractivity contribution in [3.05, 3.63) is 66.2 Å². The van der Waals surface area contributed by atoms with Gasteiger partial charge in [-0.1, -0.05) is 48.5 Å². The first-order chi connectivity index (χ1) is 12.7. The van der Waals surface area contributed by atoms with Crippen LogP contribution >= 0.6 is 11.6 Å². The molecule has 0 saturated carbocycles. The topological polar surface area (TPSA) is 44.8 Å². The maximum Gasteiger partial charge on any atom is 0.330 e. The Kier molecular flexibility index (Phi) is 6.10. The second kappa shape index (κ2) is 8.70. The van der Waals surface area contributed by atoms with Gasteiger partial charge in [-0.15, -0.1) is 0 Å². The number of esters is 1. The third-order valence-corrected chi connectivity index (χ3v) is 4.12. The largest absolute Gasteiger partial charge is 0.490 e. The molecule has 0 unspecified atom stereocenters. The van der Waals surface area contributed by atoms with Gasteiger partial charge in [0.05, 0.1) is 13.2 Å². The minimum absolute atomic E-state index is 0.192. The van der Waals surface area contributed by atoms with E-state index in [0.29, 0.717) is 24.8 Å². The molecule has 0 fully saturated rings. The van der Waals surface area contributed by atoms with Gasteiger partial charge < -0.3 is 14.2 Å². The molecule has 3 rings (SSSR count). The summed E-state index contributed by atoms with van der Waals surface area (Å²) in [7, 11) is 0. The quantitative estimate of drug-likeness (QED) is 0.248. The summed E-state index contributed by atoms with van der Waals surface area (Å²) in [5.74, 6) is 0.339. The van der Waals surface area contributed by atoms with E-state index in [4.69, 9.17) is 25.8 Å². The second-order valence-corrected chi connectivity index (χ2v) is 6.06. The highest BCUT2D eigenvalue weighted by Gasteiger charge is 2.09. The summed E-state index contributed by atoms with van der Waals surface area (Å²) in [5.41, 5.74) is 0. The second-order valence-electron chi connectivity index (χ2n) is 5.62. The molecule has 134 valence electrons. The highest BCUT2D eigenvalue weighted by Crippen LogP contribution is 2.36. The smallest absolute Gasteiger partial charge is 0.330 e. The summed E-state index contributed by atoms with van der Waals surface area (Å²) in [5, 5.41) is 4.84. The van der Waals surface area contributed by atoms with Crippen molar-refractivity contribution in [1.29, 1.82) is 0 Å². The Morgan fingerprint density at radius 1 is 0.962 bits per heavy atom. The standard InChI is InChI=1S/C21H19ClO4/c1-2-20(23)25-11-9-24-10-12-26-21-18-6-4-3-5-15(18)13-16-7-8-17(22)14-19(16)21/h2-8,13-14H,1,9-12H2. The van der Waals surface area contributed by atoms with E-state index < -0.39 is 5.97 Å². The van der Waals surface area contributed by atoms with Crippen molar-refractivity contribution in [2.24, 2.45) is 0 Å². The number of rotatable bonds is 8. The van der Waals surface area contributed by atoms with Gasteiger partial charge in [-0.05, 0) is 29.0 Å². The lowest BCUT2D eigenvalue weighted by atomic mass is 10.0. The molecule has 0 aliphatic carbocycles. The van der Waals surface area contributed by atoms with Crippen molar-refractivity contribution in [3.8, 4) is 5.75 Å². The molecule has 0 atom stereocenters. The molecule has 4 nitrogen and oxygen atoms in total. The molecule has 0 spiro atoms. The number of fused-ring (bicyclic) bond motifs is 2. The van der Waals surface area contributed by atoms with Crippen LogP contribution < -0.4 is 4.74 Å². The average molecular weight is 371 g/mol. The third kappa shape index (κ3) is 4.34. The Balaban J connectivity index is 1.69. The van der Waals surface area contributed by atoms with Crippen LogP contribution in [0.1, 0.15) is 0 Å². The molecule has 0 amide bonds. The highest BCUT2D eigenvalue weighted by molar-refractivity contribution is 6.31. The maximum absolute atomic E-state index is 10.9. The number of ether oxygens (including phenoxy) is 3. The van der Waals surface area contributed by atoms with E-state index in [1.165, 1.54) is 0 Å². The Morgan fingerprint density at radius 2 is 1.73 bits per heavy atom. The minimum Gasteiger partial charge on any atom is -0.490 e. The zero-order chi connectivity index (χ0) is 18.4. The first-order valence-corrected chi connectivity index (χ1v) is 8.67. The van der Waals surface area contributed by atoms with Crippen molar-refractivity contribution in [1.82, 2.24) is 0 Å². The molecule has 0 bridgehead atoms. The monoisotopic (exact) mass is 370 g/mol. The molecule has 5 heteroatoms. The highest BCUT2D eigenvalue weighted by atomic mass is 35.5. The van der Waals surface area contributed by atoms with Crippen LogP contribution in [-0.2, 0) is 14.3 Å². The fraction of sp³-hybridized carbons (Fsp3) is 0.190. The number of hydrogen-bond acceptors (Lipinski definition) is 4. The third-order valence-electron chi connectivity index (χ3n) is 3.89. The van der Waals surface area contributed by atoms with E-state index in [1.807, 2.05) is 36.4 Å². The van der Waals surface area contributed by atoms with E-state index in [9.17, 15) is 4.79 Å². The summed E-state index contributed by atoms with van der Waals surface area (Å²) in [6.45, 7) is 4.60. The summed E-state index contributed by atoms with van der Waals surface area (Å²) in [4.78, 5) is 10.9. The number of benzene rings is 3. The molecule has 0 aliphatic heterocycles. The van der Waals surface area contributed by atoms with Gasteiger partial charge >= 0.3 is 5.97 Å². The van der Waals surface area contributed by atoms with Crippen molar-refractivity contribution in [2.45, 2.75) is 0 Å². The maximum atomic E-state index is 10.9. The Hall–Kier alpha value is -2.56. The summed E-state index contributed by atoms with van der Waals surface area (Å²) in [6, 6.07) is 16.0. The lowest BCUT2D eigenvalue weighted by Crippen LogP contribution is -2.12. The van der Waals surface area contributed by atoms with Gasteiger partial charge in [0, 0.05) is 21.9 Å². The van der Waals surface area contributed by atoms with Gasteiger partial charge in [-0.2, -0.15) is 0 Å². The van der Waals surface area contributed by atoms with Gasteiger partial charge in [0.2, 0.25) is 0 Å². The number of halogens is 1. The van der Waals surface area contributed by atoms with Crippen LogP contribution in [0.5, 0.6) is 5.75 Å². The average Bonchev–Trinajstić information content (AvgIpc) is 2.66. The number of hydrogen-bond donors (Lipinski definition) is 0. The summed E-state index contributed by atoms with van der Waals surface area (Å²) in [6.07, 6.45) is 1.12. The molecule has 26 heavy (non-hydrogen) atoms. The van der Waals surface area contributed by atoms with Crippen LogP contribution in [0.25, 0.3) is 21.5 Å². The molecular weight excluding hydrogens is 352 g/mol. The number of carbonyl (C=O) groups is 1. The van der Waals surface area contributed by atoms with Crippen LogP contribution in [0.15, 0.2) is 61.2 Å². The molecule has 0 radical (unpaired) electrons. The Morgan fingerprint density at radius 3 is 2.58 bits per heavy atom. The lowest BCUT2D eigenvalue weighted by molar-refractivity contribution is -0.139. The van der Waals surface area contributed by atoms with Crippen molar-refractivity contribution in [3.63, 3.8) is 0 Å². The van der Waals surface area contributed by atoms with Crippen LogP contribution in [0, 0.1) is 0 Å². The lowest BCUT2D eigenvalue weighted by Gasteiger charge is -2.13. The first kappa shape index (κ1) is 18.2. The molecule has 0 aliphatic rings. The fourth-order valence-corrected chi connectivity index (χ4v) is 2.89. The van der Waals surface area contributed by atoms with E-state index >= 15 is 0 Å². The normalized spacial score (nSPS) is 10.8. The van der Waals surface area contributed by atoms with Crippen molar-refractivity contribution < 1.29 is 19.0 Å². The van der Waals surface area contributed by atoms with Crippen molar-refractivity contribution >= 4 is 39.1 Å². The van der Waals surface area contributed by atoms with Crippen molar-refractivity contribution in [2.75, 3.05) is 26.4 Å². The molecular formula is C21H19ClO4. The summed E-state index contributed by atoms with van der Waals surface area (Å²) >= 11 is 6.17. The molecule has 0 heterocycles. The van der Waals surface area contributed by atoms with Gasteiger partial charge in [-0.3, -0.25) is 0 Å². The first-order valence-electron chi connectivity index (χ1n) is 8.30. The van der Waals surface area contributed by atoms with E-state index in [0.717, 1.165) is 33.4 Å². The van der Waals surface area contributed by atoms with Gasteiger partial charge in [0.1, 0.15) is 19.0 Å². The molecule has 3 aromatic carbocycles. The predicted molar refractivity (Wildman–Crippen MR) is 104 cm³/mol. The Bertz CT molecular complexity index is 936. The zero-order valence-corrected chi connectivity index (χ0v) is 15.0. The molecule has 0 N–H and O–H groups in total. The van der Waals surface area contributed by atoms with Crippen LogP contribution in [0.4, 0.5) is 0 Å². The van der Waals surface area contributed by atoms with Gasteiger partial charge in [0.15, 0.2) is 0 Å². The van der Waals surface area contributed by atoms with Crippen LogP contribution in [0.3, 0.4) is 0 Å². The number of carbonyl (C=O) groups excluding carboxylic acids is 1. The van der Waals surface area contributed by atoms with Gasteiger partial charge in [0.25, 0.3) is 0 Å². The van der Waals surface area contributed by atoms with Crippen LogP contribution in [-0.4, -0.2) is 32.4 Å². The molecule has 3 aromatic rings. The zero-order valence-electron chi connectivity index (χ0n) is 14.2. The van der Waals surface area contributed by atoms with E-state index in [-0.39, 0.29) is 6.61 Å². The van der Waals surface area contributed by atoms with Crippen LogP contribution in [0.2, 0.25) is 5.02 Å². The summed E-state index contributed by atoms with van der Waals surface area (Å²) < 4.78 is 16.3. The van der Waals surface area contributed by atoms with Gasteiger partial charge in [-0.25, -0.2) is 4.79 Å². The SMILES string of the molecule is C=CC(=O)OCCOCCOc1c2ccccc2cc2ccc(Cl)cc12. The molecule has 0 saturated heterocycles. The Labute approximate surface area is 156 Å². The predicted octanol–water partition coefficient (Wildman–Crippen LogP) is 4.77. The van der Waals surface area contributed by atoms with E-state index in [2.05, 4.69) is 18.7 Å².